The number of sulfone groups is 1. The summed E-state index contributed by atoms with van der Waals surface area (Å²) in [4.78, 5) is 0. The summed E-state index contributed by atoms with van der Waals surface area (Å²) in [6.07, 6.45) is 1.61. The van der Waals surface area contributed by atoms with Gasteiger partial charge in [0.15, 0.2) is 9.84 Å². The average molecular weight is 259 g/mol. The van der Waals surface area contributed by atoms with Crippen LogP contribution >= 0.6 is 0 Å². The predicted molar refractivity (Wildman–Crippen MR) is 68.6 cm³/mol. The molecule has 0 aliphatic carbocycles. The number of furan rings is 1. The molecule has 17 heavy (non-hydrogen) atoms. The van der Waals surface area contributed by atoms with Crippen LogP contribution in [-0.2, 0) is 9.84 Å². The van der Waals surface area contributed by atoms with Crippen LogP contribution in [0.2, 0.25) is 0 Å². The van der Waals surface area contributed by atoms with E-state index in [1.807, 2.05) is 32.9 Å². The minimum atomic E-state index is -2.94. The van der Waals surface area contributed by atoms with E-state index in [2.05, 4.69) is 5.32 Å². The smallest absolute Gasteiger partial charge is 0.151 e. The Hall–Kier alpha value is -0.810. The van der Waals surface area contributed by atoms with Crippen LogP contribution in [0.5, 0.6) is 0 Å². The van der Waals surface area contributed by atoms with Crippen LogP contribution in [0.15, 0.2) is 22.8 Å². The predicted octanol–water partition coefficient (Wildman–Crippen LogP) is 2.00. The largest absolute Gasteiger partial charge is 0.468 e. The SMILES string of the molecule is CC(C)CS(=O)(=O)CCNC(C)c1ccco1. The number of hydrogen-bond acceptors (Lipinski definition) is 4. The second kappa shape index (κ2) is 6.21. The number of rotatable bonds is 7. The average Bonchev–Trinajstić information content (AvgIpc) is 2.67. The van der Waals surface area contributed by atoms with Gasteiger partial charge in [0.2, 0.25) is 0 Å². The first kappa shape index (κ1) is 14.3. The van der Waals surface area contributed by atoms with Crippen molar-refractivity contribution < 1.29 is 12.8 Å². The van der Waals surface area contributed by atoms with E-state index < -0.39 is 9.84 Å². The molecular weight excluding hydrogens is 238 g/mol. The molecule has 1 atom stereocenters. The van der Waals surface area contributed by atoms with Crippen molar-refractivity contribution in [3.8, 4) is 0 Å². The molecule has 1 aromatic heterocycles. The third kappa shape index (κ3) is 5.37. The lowest BCUT2D eigenvalue weighted by Crippen LogP contribution is -2.27. The molecule has 0 saturated heterocycles. The highest BCUT2D eigenvalue weighted by atomic mass is 32.2. The molecule has 4 nitrogen and oxygen atoms in total. The van der Waals surface area contributed by atoms with Gasteiger partial charge in [0.25, 0.3) is 0 Å². The normalized spacial score (nSPS) is 14.1. The lowest BCUT2D eigenvalue weighted by Gasteiger charge is -2.12. The van der Waals surface area contributed by atoms with Gasteiger partial charge < -0.3 is 9.73 Å². The zero-order valence-corrected chi connectivity index (χ0v) is 11.5. The maximum atomic E-state index is 11.6. The van der Waals surface area contributed by atoms with Crippen molar-refractivity contribution in [3.05, 3.63) is 24.2 Å². The van der Waals surface area contributed by atoms with Crippen molar-refractivity contribution in [1.82, 2.24) is 5.32 Å². The van der Waals surface area contributed by atoms with Crippen molar-refractivity contribution in [2.75, 3.05) is 18.1 Å². The Bertz CT molecular complexity index is 409. The topological polar surface area (TPSA) is 59.3 Å². The zero-order valence-electron chi connectivity index (χ0n) is 10.6. The van der Waals surface area contributed by atoms with Gasteiger partial charge in [-0.15, -0.1) is 0 Å². The van der Waals surface area contributed by atoms with Crippen LogP contribution in [-0.4, -0.2) is 26.5 Å². The van der Waals surface area contributed by atoms with Crippen LogP contribution in [0, 0.1) is 5.92 Å². The Morgan fingerprint density at radius 3 is 2.59 bits per heavy atom. The molecule has 0 saturated carbocycles. The van der Waals surface area contributed by atoms with Crippen molar-refractivity contribution in [2.45, 2.75) is 26.8 Å². The van der Waals surface area contributed by atoms with Gasteiger partial charge in [0.1, 0.15) is 5.76 Å². The summed E-state index contributed by atoms with van der Waals surface area (Å²) < 4.78 is 28.5. The molecule has 0 spiro atoms. The van der Waals surface area contributed by atoms with Crippen LogP contribution in [0.25, 0.3) is 0 Å². The third-order valence-electron chi connectivity index (χ3n) is 2.42. The summed E-state index contributed by atoms with van der Waals surface area (Å²) in [5.74, 6) is 1.44. The fourth-order valence-corrected chi connectivity index (χ4v) is 3.27. The van der Waals surface area contributed by atoms with Crippen LogP contribution < -0.4 is 5.32 Å². The van der Waals surface area contributed by atoms with Gasteiger partial charge >= 0.3 is 0 Å². The Morgan fingerprint density at radius 2 is 2.06 bits per heavy atom. The van der Waals surface area contributed by atoms with Gasteiger partial charge in [-0.05, 0) is 25.0 Å². The molecule has 0 aromatic carbocycles. The van der Waals surface area contributed by atoms with E-state index in [9.17, 15) is 8.42 Å². The van der Waals surface area contributed by atoms with Crippen molar-refractivity contribution in [2.24, 2.45) is 5.92 Å². The highest BCUT2D eigenvalue weighted by Crippen LogP contribution is 2.11. The van der Waals surface area contributed by atoms with E-state index in [1.54, 1.807) is 6.26 Å². The minimum absolute atomic E-state index is 0.0410. The molecule has 0 fully saturated rings. The molecule has 0 radical (unpaired) electrons. The molecule has 98 valence electrons. The van der Waals surface area contributed by atoms with E-state index >= 15 is 0 Å². The Morgan fingerprint density at radius 1 is 1.35 bits per heavy atom. The number of hydrogen-bond donors (Lipinski definition) is 1. The molecule has 0 aliphatic heterocycles. The molecule has 0 bridgehead atoms. The molecule has 1 rings (SSSR count). The fourth-order valence-electron chi connectivity index (χ4n) is 1.66. The molecule has 5 heteroatoms. The standard InChI is InChI=1S/C12H21NO3S/c1-10(2)9-17(14,15)8-6-13-11(3)12-5-4-7-16-12/h4-5,7,10-11,13H,6,8-9H2,1-3H3. The van der Waals surface area contributed by atoms with Gasteiger partial charge in [-0.3, -0.25) is 0 Å². The monoisotopic (exact) mass is 259 g/mol. The molecule has 0 aliphatic rings. The lowest BCUT2D eigenvalue weighted by molar-refractivity contribution is 0.436. The highest BCUT2D eigenvalue weighted by molar-refractivity contribution is 7.91. The molecular formula is C12H21NO3S. The molecule has 0 amide bonds. The van der Waals surface area contributed by atoms with Gasteiger partial charge in [0.05, 0.1) is 23.8 Å². The summed E-state index contributed by atoms with van der Waals surface area (Å²) in [5.41, 5.74) is 0. The van der Waals surface area contributed by atoms with E-state index in [0.29, 0.717) is 6.54 Å². The lowest BCUT2D eigenvalue weighted by atomic mass is 10.2. The Balaban J connectivity index is 2.33. The Kier molecular flexibility index (Phi) is 5.21. The van der Waals surface area contributed by atoms with Crippen LogP contribution in [0.1, 0.15) is 32.6 Å². The Labute approximate surface area is 103 Å². The minimum Gasteiger partial charge on any atom is -0.468 e. The molecule has 1 unspecified atom stereocenters. The summed E-state index contributed by atoms with van der Waals surface area (Å²) in [5, 5.41) is 3.14. The van der Waals surface area contributed by atoms with Gasteiger partial charge in [-0.2, -0.15) is 0 Å². The van der Waals surface area contributed by atoms with Crippen molar-refractivity contribution in [3.63, 3.8) is 0 Å². The summed E-state index contributed by atoms with van der Waals surface area (Å²) in [7, 11) is -2.94. The van der Waals surface area contributed by atoms with Crippen LogP contribution in [0.4, 0.5) is 0 Å². The van der Waals surface area contributed by atoms with Crippen molar-refractivity contribution in [1.29, 1.82) is 0 Å². The summed E-state index contributed by atoms with van der Waals surface area (Å²) in [6, 6.07) is 3.74. The quantitative estimate of drug-likeness (QED) is 0.813. The van der Waals surface area contributed by atoms with Crippen LogP contribution in [0.3, 0.4) is 0 Å². The summed E-state index contributed by atoms with van der Waals surface area (Å²) >= 11 is 0. The van der Waals surface area contributed by atoms with E-state index in [0.717, 1.165) is 5.76 Å². The molecule has 1 aromatic rings. The first-order valence-corrected chi connectivity index (χ1v) is 7.70. The van der Waals surface area contributed by atoms with Gasteiger partial charge in [-0.1, -0.05) is 13.8 Å². The van der Waals surface area contributed by atoms with E-state index in [1.165, 1.54) is 0 Å². The first-order chi connectivity index (χ1) is 7.91. The summed E-state index contributed by atoms with van der Waals surface area (Å²) in [6.45, 7) is 6.23. The second-order valence-electron chi connectivity index (χ2n) is 4.70. The maximum absolute atomic E-state index is 11.6. The van der Waals surface area contributed by atoms with E-state index in [4.69, 9.17) is 4.42 Å². The fraction of sp³-hybridized carbons (Fsp3) is 0.667. The molecule has 1 heterocycles. The zero-order chi connectivity index (χ0) is 12.9. The van der Waals surface area contributed by atoms with E-state index in [-0.39, 0.29) is 23.5 Å². The molecule has 1 N–H and O–H groups in total. The third-order valence-corrected chi connectivity index (χ3v) is 4.42. The highest BCUT2D eigenvalue weighted by Gasteiger charge is 2.14. The second-order valence-corrected chi connectivity index (χ2v) is 6.93. The van der Waals surface area contributed by atoms with Gasteiger partial charge in [0, 0.05) is 6.54 Å². The first-order valence-electron chi connectivity index (χ1n) is 5.88. The number of nitrogens with one attached hydrogen (secondary N) is 1. The van der Waals surface area contributed by atoms with Crippen molar-refractivity contribution >= 4 is 9.84 Å². The maximum Gasteiger partial charge on any atom is 0.151 e. The van der Waals surface area contributed by atoms with Gasteiger partial charge in [-0.25, -0.2) is 8.42 Å².